The Bertz CT molecular complexity index is 129. The third-order valence-electron chi connectivity index (χ3n) is 1.29. The van der Waals surface area contributed by atoms with E-state index in [0.29, 0.717) is 0 Å². The van der Waals surface area contributed by atoms with Crippen LogP contribution in [0.25, 0.3) is 0 Å². The predicted octanol–water partition coefficient (Wildman–Crippen LogP) is -1.25. The molecule has 1 fully saturated rings. The molecule has 0 aromatic rings. The molecule has 56 valence electrons. The van der Waals surface area contributed by atoms with Crippen LogP contribution in [-0.2, 0) is 14.5 Å². The second kappa shape index (κ2) is 4.59. The minimum Gasteiger partial charge on any atom is -0.269 e. The van der Waals surface area contributed by atoms with Crippen molar-refractivity contribution in [2.75, 3.05) is 0 Å². The van der Waals surface area contributed by atoms with E-state index in [0.717, 1.165) is 12.5 Å². The maximum absolute atomic E-state index is 8.42. The summed E-state index contributed by atoms with van der Waals surface area (Å²) in [5.74, 6) is 0. The van der Waals surface area contributed by atoms with E-state index < -0.39 is 15.4 Å². The molecule has 0 N–H and O–H groups in total. The third kappa shape index (κ3) is 2.59. The van der Waals surface area contributed by atoms with Gasteiger partial charge in [-0.05, 0) is 6.42 Å². The molecule has 0 aliphatic carbocycles. The summed E-state index contributed by atoms with van der Waals surface area (Å²) < 4.78 is 4.73. The van der Waals surface area contributed by atoms with Gasteiger partial charge in [-0.2, -0.15) is 10.1 Å². The van der Waals surface area contributed by atoms with E-state index in [1.54, 1.807) is 0 Å². The maximum Gasteiger partial charge on any atom is 0.193 e. The molecule has 0 bridgehead atoms. The largest absolute Gasteiger partial charge is 0.269 e. The average molecular weight is 175 g/mol. The van der Waals surface area contributed by atoms with E-state index in [4.69, 9.17) is 9.84 Å². The summed E-state index contributed by atoms with van der Waals surface area (Å²) in [4.78, 5) is 4.61. The van der Waals surface area contributed by atoms with Crippen LogP contribution in [0.4, 0.5) is 0 Å². The smallest absolute Gasteiger partial charge is 0.193 e. The van der Waals surface area contributed by atoms with Gasteiger partial charge >= 0.3 is 0 Å². The van der Waals surface area contributed by atoms with E-state index in [-0.39, 0.29) is 9.04 Å². The first-order valence-corrected chi connectivity index (χ1v) is 8.86. The molecule has 1 aliphatic rings. The zero-order valence-corrected chi connectivity index (χ0v) is 8.41. The van der Waals surface area contributed by atoms with Gasteiger partial charge in [-0.15, -0.1) is 0 Å². The van der Waals surface area contributed by atoms with Crippen LogP contribution in [0, 0.1) is 11.3 Å². The Morgan fingerprint density at radius 1 is 1.60 bits per heavy atom. The molecule has 0 spiro atoms. The van der Waals surface area contributed by atoms with Crippen molar-refractivity contribution < 1.29 is 14.5 Å². The van der Waals surface area contributed by atoms with Gasteiger partial charge in [0.2, 0.25) is 0 Å². The lowest BCUT2D eigenvalue weighted by Crippen LogP contribution is -2.20. The first-order chi connectivity index (χ1) is 4.93. The summed E-state index contributed by atoms with van der Waals surface area (Å²) in [6, 6.07) is 3.13. The van der Waals surface area contributed by atoms with Gasteiger partial charge in [0.15, 0.2) is 15.4 Å². The zero-order chi connectivity index (χ0) is 7.23. The molecule has 0 aromatic carbocycles. The van der Waals surface area contributed by atoms with Crippen LogP contribution < -0.4 is 0 Å². The highest BCUT2D eigenvalue weighted by Crippen LogP contribution is 2.04. The Hall–Kier alpha value is -0.196. The molecule has 0 aromatic heterocycles. The molecule has 10 heavy (non-hydrogen) atoms. The van der Waals surface area contributed by atoms with E-state index in [9.17, 15) is 0 Å². The van der Waals surface area contributed by atoms with E-state index >= 15 is 0 Å². The lowest BCUT2D eigenvalue weighted by molar-refractivity contribution is -0.479. The molecular formula is C4H9NO3Si2. The van der Waals surface area contributed by atoms with Crippen LogP contribution in [0.15, 0.2) is 0 Å². The van der Waals surface area contributed by atoms with Crippen molar-refractivity contribution in [1.29, 1.82) is 5.26 Å². The SMILES string of the molecule is N#CC1CC[SiH2][SiH2]OOO1. The van der Waals surface area contributed by atoms with Crippen molar-refractivity contribution in [2.24, 2.45) is 0 Å². The van der Waals surface area contributed by atoms with Gasteiger partial charge in [0.25, 0.3) is 0 Å². The van der Waals surface area contributed by atoms with Gasteiger partial charge in [-0.1, -0.05) is 11.1 Å². The van der Waals surface area contributed by atoms with E-state index in [1.807, 2.05) is 6.07 Å². The topological polar surface area (TPSA) is 51.5 Å². The highest BCUT2D eigenvalue weighted by atomic mass is 29.2. The van der Waals surface area contributed by atoms with Gasteiger partial charge in [0, 0.05) is 9.04 Å². The lowest BCUT2D eigenvalue weighted by atomic mass is 10.3. The summed E-state index contributed by atoms with van der Waals surface area (Å²) in [6.45, 7) is 0. The van der Waals surface area contributed by atoms with Gasteiger partial charge in [-0.3, -0.25) is 4.58 Å². The zero-order valence-electron chi connectivity index (χ0n) is 5.58. The number of nitriles is 1. The summed E-state index contributed by atoms with van der Waals surface area (Å²) in [5.41, 5.74) is 0. The van der Waals surface area contributed by atoms with Crippen molar-refractivity contribution in [3.63, 3.8) is 0 Å². The van der Waals surface area contributed by atoms with Crippen LogP contribution in [-0.4, -0.2) is 24.4 Å². The standard InChI is InChI=1S/C4H9NO3Si2/c5-3-4-1-2-9-10-8-7-6-4/h4H,1-2,9-10H2. The Morgan fingerprint density at radius 2 is 2.50 bits per heavy atom. The van der Waals surface area contributed by atoms with Crippen LogP contribution in [0.5, 0.6) is 0 Å². The van der Waals surface area contributed by atoms with Gasteiger partial charge in [0.1, 0.15) is 0 Å². The fourth-order valence-corrected chi connectivity index (χ4v) is 3.88. The molecule has 1 atom stereocenters. The van der Waals surface area contributed by atoms with Crippen LogP contribution >= 0.6 is 0 Å². The molecule has 0 radical (unpaired) electrons. The number of rotatable bonds is 0. The predicted molar refractivity (Wildman–Crippen MR) is 39.2 cm³/mol. The Kier molecular flexibility index (Phi) is 3.63. The molecule has 1 heterocycles. The molecule has 6 heteroatoms. The van der Waals surface area contributed by atoms with E-state index in [1.165, 1.54) is 0 Å². The monoisotopic (exact) mass is 175 g/mol. The highest BCUT2D eigenvalue weighted by molar-refractivity contribution is 6.97. The van der Waals surface area contributed by atoms with Crippen molar-refractivity contribution >= 4 is 18.3 Å². The highest BCUT2D eigenvalue weighted by Gasteiger charge is 2.11. The Labute approximate surface area is 63.5 Å². The molecular weight excluding hydrogens is 166 g/mol. The molecule has 1 rings (SSSR count). The van der Waals surface area contributed by atoms with Crippen LogP contribution in [0.1, 0.15) is 6.42 Å². The van der Waals surface area contributed by atoms with Crippen LogP contribution in [0.2, 0.25) is 6.04 Å². The average Bonchev–Trinajstić information content (AvgIpc) is 1.87. The lowest BCUT2D eigenvalue weighted by Gasteiger charge is -2.11. The minimum atomic E-state index is -0.415. The van der Waals surface area contributed by atoms with Gasteiger partial charge < -0.3 is 0 Å². The second-order valence-electron chi connectivity index (χ2n) is 2.10. The number of hydrogen-bond acceptors (Lipinski definition) is 4. The molecule has 1 saturated heterocycles. The Balaban J connectivity index is 2.24. The van der Waals surface area contributed by atoms with Crippen molar-refractivity contribution in [1.82, 2.24) is 0 Å². The quantitative estimate of drug-likeness (QED) is 0.341. The second-order valence-corrected chi connectivity index (χ2v) is 7.50. The van der Waals surface area contributed by atoms with Crippen molar-refractivity contribution in [2.45, 2.75) is 18.6 Å². The molecule has 1 unspecified atom stereocenters. The van der Waals surface area contributed by atoms with Crippen molar-refractivity contribution in [3.8, 4) is 6.07 Å². The minimum absolute atomic E-state index is 0.0290. The summed E-state index contributed by atoms with van der Waals surface area (Å²) in [7, 11) is -0.426. The van der Waals surface area contributed by atoms with Crippen LogP contribution in [0.3, 0.4) is 0 Å². The summed E-state index contributed by atoms with van der Waals surface area (Å²) in [5, 5.41) is 12.8. The summed E-state index contributed by atoms with van der Waals surface area (Å²) >= 11 is 0. The Morgan fingerprint density at radius 3 is 3.30 bits per heavy atom. The molecule has 0 saturated carbocycles. The number of hydrogen-bond donors (Lipinski definition) is 0. The van der Waals surface area contributed by atoms with Gasteiger partial charge in [0.05, 0.1) is 6.07 Å². The normalized spacial score (nSPS) is 32.9. The number of nitrogens with zero attached hydrogens (tertiary/aromatic N) is 1. The van der Waals surface area contributed by atoms with Gasteiger partial charge in [-0.25, -0.2) is 0 Å². The molecule has 4 nitrogen and oxygen atoms in total. The fraction of sp³-hybridized carbons (Fsp3) is 0.750. The fourth-order valence-electron chi connectivity index (χ4n) is 0.734. The first-order valence-electron chi connectivity index (χ1n) is 3.28. The summed E-state index contributed by atoms with van der Waals surface area (Å²) in [6.07, 6.45) is 0.404. The molecule has 0 amide bonds. The third-order valence-corrected chi connectivity index (χ3v) is 5.62. The maximum atomic E-state index is 8.42. The molecule has 1 aliphatic heterocycles. The first kappa shape index (κ1) is 7.91. The van der Waals surface area contributed by atoms with Crippen molar-refractivity contribution in [3.05, 3.63) is 0 Å². The van der Waals surface area contributed by atoms with E-state index in [2.05, 4.69) is 9.93 Å².